The van der Waals surface area contributed by atoms with Gasteiger partial charge < -0.3 is 9.84 Å². The van der Waals surface area contributed by atoms with E-state index < -0.39 is 6.10 Å². The second-order valence-corrected chi connectivity index (χ2v) is 6.32. The maximum Gasteiger partial charge on any atom is 0.125 e. The summed E-state index contributed by atoms with van der Waals surface area (Å²) in [6.07, 6.45) is 0.341. The summed E-state index contributed by atoms with van der Waals surface area (Å²) in [5, 5.41) is 10.6. The maximum atomic E-state index is 10.6. The van der Waals surface area contributed by atoms with Gasteiger partial charge in [0.2, 0.25) is 0 Å². The van der Waals surface area contributed by atoms with Crippen LogP contribution < -0.4 is 4.74 Å². The molecule has 3 aromatic carbocycles. The molecule has 4 rings (SSSR count). The van der Waals surface area contributed by atoms with Crippen molar-refractivity contribution in [1.82, 2.24) is 0 Å². The van der Waals surface area contributed by atoms with Gasteiger partial charge in [-0.25, -0.2) is 0 Å². The number of ether oxygens (including phenoxy) is 1. The highest BCUT2D eigenvalue weighted by Gasteiger charge is 2.29. The van der Waals surface area contributed by atoms with Crippen LogP contribution in [-0.4, -0.2) is 11.7 Å². The summed E-state index contributed by atoms with van der Waals surface area (Å²) in [4.78, 5) is 0. The Kier molecular flexibility index (Phi) is 4.06. The number of rotatable bonds is 3. The average Bonchev–Trinajstić information content (AvgIpc) is 2.66. The van der Waals surface area contributed by atoms with Crippen molar-refractivity contribution in [2.75, 3.05) is 6.61 Å². The Labute approximate surface area is 142 Å². The van der Waals surface area contributed by atoms with E-state index in [1.54, 1.807) is 0 Å². The first kappa shape index (κ1) is 15.0. The predicted octanol–water partition coefficient (Wildman–Crippen LogP) is 4.64. The largest absolute Gasteiger partial charge is 0.493 e. The van der Waals surface area contributed by atoms with Gasteiger partial charge in [0.1, 0.15) is 5.75 Å². The van der Waals surface area contributed by atoms with Crippen LogP contribution in [0.3, 0.4) is 0 Å². The molecule has 0 saturated heterocycles. The highest BCUT2D eigenvalue weighted by Crippen LogP contribution is 2.36. The van der Waals surface area contributed by atoms with E-state index >= 15 is 0 Å². The lowest BCUT2D eigenvalue weighted by Crippen LogP contribution is -2.27. The molecule has 0 fully saturated rings. The summed E-state index contributed by atoms with van der Waals surface area (Å²) < 4.78 is 5.81. The summed E-state index contributed by atoms with van der Waals surface area (Å²) in [7, 11) is 0. The third kappa shape index (κ3) is 2.93. The van der Waals surface area contributed by atoms with E-state index in [4.69, 9.17) is 4.74 Å². The fraction of sp³-hybridized carbons (Fsp3) is 0.182. The van der Waals surface area contributed by atoms with E-state index in [2.05, 4.69) is 48.5 Å². The Morgan fingerprint density at radius 2 is 1.46 bits per heavy atom. The topological polar surface area (TPSA) is 29.5 Å². The summed E-state index contributed by atoms with van der Waals surface area (Å²) in [6, 6.07) is 26.7. The molecular weight excluding hydrogens is 296 g/mol. The van der Waals surface area contributed by atoms with E-state index in [0.29, 0.717) is 6.61 Å². The standard InChI is InChI=1S/C22H20O2/c23-22-19(15-24-21-9-5-4-8-20(21)22)14-16-10-12-18(13-11-16)17-6-2-1-3-7-17/h1-13,19,22-23H,14-15H2. The van der Waals surface area contributed by atoms with Gasteiger partial charge in [0, 0.05) is 11.5 Å². The smallest absolute Gasteiger partial charge is 0.125 e. The summed E-state index contributed by atoms with van der Waals surface area (Å²) in [6.45, 7) is 0.554. The molecule has 0 amide bonds. The third-order valence-electron chi connectivity index (χ3n) is 4.70. The van der Waals surface area contributed by atoms with Crippen LogP contribution in [0.2, 0.25) is 0 Å². The van der Waals surface area contributed by atoms with Crippen molar-refractivity contribution in [3.63, 3.8) is 0 Å². The van der Waals surface area contributed by atoms with Crippen LogP contribution in [0.1, 0.15) is 17.2 Å². The Bertz CT molecular complexity index is 809. The van der Waals surface area contributed by atoms with Crippen LogP contribution >= 0.6 is 0 Å². The quantitative estimate of drug-likeness (QED) is 0.763. The molecule has 120 valence electrons. The molecule has 0 bridgehead atoms. The fourth-order valence-electron chi connectivity index (χ4n) is 3.34. The highest BCUT2D eigenvalue weighted by molar-refractivity contribution is 5.63. The molecule has 24 heavy (non-hydrogen) atoms. The highest BCUT2D eigenvalue weighted by atomic mass is 16.5. The maximum absolute atomic E-state index is 10.6. The molecule has 1 N–H and O–H groups in total. The van der Waals surface area contributed by atoms with Gasteiger partial charge in [-0.05, 0) is 29.2 Å². The first-order valence-electron chi connectivity index (χ1n) is 8.35. The molecule has 1 aliphatic heterocycles. The second kappa shape index (κ2) is 6.50. The lowest BCUT2D eigenvalue weighted by atomic mass is 9.88. The van der Waals surface area contributed by atoms with Gasteiger partial charge in [-0.15, -0.1) is 0 Å². The molecule has 1 heterocycles. The van der Waals surface area contributed by atoms with Crippen molar-refractivity contribution in [2.24, 2.45) is 5.92 Å². The van der Waals surface area contributed by atoms with Crippen LogP contribution in [0.4, 0.5) is 0 Å². The first-order valence-corrected chi connectivity index (χ1v) is 8.35. The van der Waals surface area contributed by atoms with Gasteiger partial charge >= 0.3 is 0 Å². The summed E-state index contributed by atoms with van der Waals surface area (Å²) >= 11 is 0. The zero-order valence-corrected chi connectivity index (χ0v) is 13.4. The second-order valence-electron chi connectivity index (χ2n) is 6.32. The molecule has 0 aromatic heterocycles. The molecule has 0 aliphatic carbocycles. The monoisotopic (exact) mass is 316 g/mol. The van der Waals surface area contributed by atoms with Crippen molar-refractivity contribution >= 4 is 0 Å². The lowest BCUT2D eigenvalue weighted by molar-refractivity contribution is 0.0508. The number of aliphatic hydroxyl groups is 1. The molecule has 2 nitrogen and oxygen atoms in total. The Balaban J connectivity index is 1.50. The fourth-order valence-corrected chi connectivity index (χ4v) is 3.34. The molecule has 2 atom stereocenters. The van der Waals surface area contributed by atoms with Crippen LogP contribution in [-0.2, 0) is 6.42 Å². The van der Waals surface area contributed by atoms with E-state index in [1.165, 1.54) is 16.7 Å². The van der Waals surface area contributed by atoms with Crippen molar-refractivity contribution in [2.45, 2.75) is 12.5 Å². The number of hydrogen-bond donors (Lipinski definition) is 1. The molecule has 2 heteroatoms. The molecule has 2 unspecified atom stereocenters. The molecule has 3 aromatic rings. The van der Waals surface area contributed by atoms with Crippen molar-refractivity contribution in [1.29, 1.82) is 0 Å². The van der Waals surface area contributed by atoms with Crippen molar-refractivity contribution in [3.05, 3.63) is 90.0 Å². The van der Waals surface area contributed by atoms with Gasteiger partial charge in [0.05, 0.1) is 12.7 Å². The molecular formula is C22H20O2. The predicted molar refractivity (Wildman–Crippen MR) is 96.0 cm³/mol. The van der Waals surface area contributed by atoms with Gasteiger partial charge in [-0.3, -0.25) is 0 Å². The van der Waals surface area contributed by atoms with Crippen molar-refractivity contribution in [3.8, 4) is 16.9 Å². The van der Waals surface area contributed by atoms with Crippen LogP contribution in [0.15, 0.2) is 78.9 Å². The SMILES string of the molecule is OC1c2ccccc2OCC1Cc1ccc(-c2ccccc2)cc1. The van der Waals surface area contributed by atoms with E-state index in [9.17, 15) is 5.11 Å². The van der Waals surface area contributed by atoms with E-state index in [0.717, 1.165) is 17.7 Å². The summed E-state index contributed by atoms with van der Waals surface area (Å²) in [5.41, 5.74) is 4.56. The van der Waals surface area contributed by atoms with E-state index in [1.807, 2.05) is 30.3 Å². The van der Waals surface area contributed by atoms with Crippen molar-refractivity contribution < 1.29 is 9.84 Å². The van der Waals surface area contributed by atoms with Gasteiger partial charge in [0.15, 0.2) is 0 Å². The molecule has 0 saturated carbocycles. The van der Waals surface area contributed by atoms with E-state index in [-0.39, 0.29) is 5.92 Å². The molecule has 0 radical (unpaired) electrons. The number of benzene rings is 3. The zero-order valence-electron chi connectivity index (χ0n) is 13.4. The Morgan fingerprint density at radius 3 is 2.25 bits per heavy atom. The van der Waals surface area contributed by atoms with Crippen LogP contribution in [0.5, 0.6) is 5.75 Å². The first-order chi connectivity index (χ1) is 11.8. The minimum absolute atomic E-state index is 0.0856. The van der Waals surface area contributed by atoms with Crippen LogP contribution in [0.25, 0.3) is 11.1 Å². The minimum Gasteiger partial charge on any atom is -0.493 e. The number of fused-ring (bicyclic) bond motifs is 1. The van der Waals surface area contributed by atoms with Gasteiger partial charge in [-0.2, -0.15) is 0 Å². The van der Waals surface area contributed by atoms with Gasteiger partial charge in [-0.1, -0.05) is 72.8 Å². The van der Waals surface area contributed by atoms with Crippen LogP contribution in [0, 0.1) is 5.92 Å². The number of hydrogen-bond acceptors (Lipinski definition) is 2. The number of aliphatic hydroxyl groups excluding tert-OH is 1. The van der Waals surface area contributed by atoms with Gasteiger partial charge in [0.25, 0.3) is 0 Å². The molecule has 1 aliphatic rings. The minimum atomic E-state index is -0.469. The lowest BCUT2D eigenvalue weighted by Gasteiger charge is -2.30. The summed E-state index contributed by atoms with van der Waals surface area (Å²) in [5.74, 6) is 0.892. The Hall–Kier alpha value is -2.58. The normalized spacial score (nSPS) is 19.4. The third-order valence-corrected chi connectivity index (χ3v) is 4.70. The zero-order chi connectivity index (χ0) is 16.4. The average molecular weight is 316 g/mol. The number of para-hydroxylation sites is 1. The Morgan fingerprint density at radius 1 is 0.792 bits per heavy atom. The molecule has 0 spiro atoms.